The van der Waals surface area contributed by atoms with E-state index in [0.717, 1.165) is 5.56 Å². The molecular weight excluding hydrogens is 286 g/mol. The molecule has 2 aromatic rings. The van der Waals surface area contributed by atoms with Crippen molar-refractivity contribution in [3.05, 3.63) is 29.8 Å². The minimum atomic E-state index is -0.593. The second-order valence-electron chi connectivity index (χ2n) is 4.90. The highest BCUT2D eigenvalue weighted by molar-refractivity contribution is 6.00. The van der Waals surface area contributed by atoms with Gasteiger partial charge in [-0.15, -0.1) is 0 Å². The standard InChI is InChI=1S/C14H19N5O3/c1-5-18-8-11(12(17-18)14(21)22-4)16-13(20)10(3)19-7-9(2)6-15-19/h6-8,10H,5H2,1-4H3,(H,16,20). The van der Waals surface area contributed by atoms with Crippen LogP contribution in [0.25, 0.3) is 0 Å². The van der Waals surface area contributed by atoms with Gasteiger partial charge in [0.1, 0.15) is 6.04 Å². The number of rotatable bonds is 5. The first-order valence-corrected chi connectivity index (χ1v) is 6.93. The van der Waals surface area contributed by atoms with Gasteiger partial charge in [0.15, 0.2) is 5.69 Å². The van der Waals surface area contributed by atoms with E-state index in [0.29, 0.717) is 12.2 Å². The first kappa shape index (κ1) is 15.7. The fourth-order valence-corrected chi connectivity index (χ4v) is 1.92. The first-order chi connectivity index (χ1) is 10.5. The highest BCUT2D eigenvalue weighted by Crippen LogP contribution is 2.17. The van der Waals surface area contributed by atoms with Gasteiger partial charge in [-0.25, -0.2) is 4.79 Å². The smallest absolute Gasteiger partial charge is 0.360 e. The van der Waals surface area contributed by atoms with Gasteiger partial charge in [0.25, 0.3) is 0 Å². The number of anilines is 1. The maximum absolute atomic E-state index is 12.3. The number of ether oxygens (including phenoxy) is 1. The van der Waals surface area contributed by atoms with Crippen molar-refractivity contribution in [1.82, 2.24) is 19.6 Å². The summed E-state index contributed by atoms with van der Waals surface area (Å²) < 4.78 is 7.80. The van der Waals surface area contributed by atoms with Gasteiger partial charge in [-0.2, -0.15) is 10.2 Å². The quantitative estimate of drug-likeness (QED) is 0.843. The molecule has 0 spiro atoms. The molecule has 2 aromatic heterocycles. The summed E-state index contributed by atoms with van der Waals surface area (Å²) in [6.45, 7) is 6.08. The summed E-state index contributed by atoms with van der Waals surface area (Å²) in [5, 5.41) is 10.9. The Kier molecular flexibility index (Phi) is 4.59. The van der Waals surface area contributed by atoms with Crippen molar-refractivity contribution in [2.24, 2.45) is 0 Å². The van der Waals surface area contributed by atoms with Crippen molar-refractivity contribution < 1.29 is 14.3 Å². The number of nitrogens with one attached hydrogen (secondary N) is 1. The Morgan fingerprint density at radius 2 is 2.14 bits per heavy atom. The lowest BCUT2D eigenvalue weighted by molar-refractivity contribution is -0.119. The summed E-state index contributed by atoms with van der Waals surface area (Å²) in [6.07, 6.45) is 5.06. The molecule has 1 atom stereocenters. The molecule has 0 aromatic carbocycles. The van der Waals surface area contributed by atoms with Crippen LogP contribution < -0.4 is 5.32 Å². The molecule has 0 bridgehead atoms. The zero-order chi connectivity index (χ0) is 16.3. The number of aromatic nitrogens is 4. The van der Waals surface area contributed by atoms with E-state index in [1.54, 1.807) is 34.9 Å². The average Bonchev–Trinajstić information content (AvgIpc) is 3.11. The zero-order valence-electron chi connectivity index (χ0n) is 13.0. The lowest BCUT2D eigenvalue weighted by Crippen LogP contribution is -2.24. The van der Waals surface area contributed by atoms with Crippen LogP contribution in [0.1, 0.15) is 35.9 Å². The van der Waals surface area contributed by atoms with Crippen LogP contribution in [0.3, 0.4) is 0 Å². The van der Waals surface area contributed by atoms with E-state index >= 15 is 0 Å². The van der Waals surface area contributed by atoms with Crippen LogP contribution in [0.15, 0.2) is 18.6 Å². The van der Waals surface area contributed by atoms with E-state index in [1.165, 1.54) is 7.11 Å². The predicted molar refractivity (Wildman–Crippen MR) is 79.5 cm³/mol. The molecule has 118 valence electrons. The molecule has 1 amide bonds. The first-order valence-electron chi connectivity index (χ1n) is 6.93. The summed E-state index contributed by atoms with van der Waals surface area (Å²) in [4.78, 5) is 24.0. The van der Waals surface area contributed by atoms with Crippen LogP contribution >= 0.6 is 0 Å². The number of esters is 1. The molecule has 0 aliphatic carbocycles. The van der Waals surface area contributed by atoms with Gasteiger partial charge in [-0.05, 0) is 26.3 Å². The summed E-state index contributed by atoms with van der Waals surface area (Å²) in [5.74, 6) is -0.881. The maximum atomic E-state index is 12.3. The van der Waals surface area contributed by atoms with E-state index in [4.69, 9.17) is 0 Å². The number of nitrogens with zero attached hydrogens (tertiary/aromatic N) is 4. The maximum Gasteiger partial charge on any atom is 0.360 e. The average molecular weight is 305 g/mol. The van der Waals surface area contributed by atoms with Crippen LogP contribution in [-0.4, -0.2) is 38.5 Å². The van der Waals surface area contributed by atoms with E-state index < -0.39 is 12.0 Å². The Labute approximate surface area is 128 Å². The molecule has 2 rings (SSSR count). The molecule has 2 heterocycles. The minimum Gasteiger partial charge on any atom is -0.464 e. The number of methoxy groups -OCH3 is 1. The number of hydrogen-bond donors (Lipinski definition) is 1. The monoisotopic (exact) mass is 305 g/mol. The second kappa shape index (κ2) is 6.42. The number of aryl methyl sites for hydroxylation is 2. The molecule has 1 N–H and O–H groups in total. The van der Waals surface area contributed by atoms with Crippen molar-refractivity contribution in [2.75, 3.05) is 12.4 Å². The van der Waals surface area contributed by atoms with E-state index in [-0.39, 0.29) is 11.6 Å². The van der Waals surface area contributed by atoms with Gasteiger partial charge in [0.2, 0.25) is 5.91 Å². The molecule has 0 saturated carbocycles. The van der Waals surface area contributed by atoms with Gasteiger partial charge >= 0.3 is 5.97 Å². The molecule has 1 unspecified atom stereocenters. The Morgan fingerprint density at radius 3 is 2.68 bits per heavy atom. The van der Waals surface area contributed by atoms with Crippen LogP contribution in [0.5, 0.6) is 0 Å². The number of carbonyl (C=O) groups excluding carboxylic acids is 2. The third-order valence-corrected chi connectivity index (χ3v) is 3.23. The second-order valence-corrected chi connectivity index (χ2v) is 4.90. The largest absolute Gasteiger partial charge is 0.464 e. The van der Waals surface area contributed by atoms with Gasteiger partial charge in [-0.3, -0.25) is 14.2 Å². The van der Waals surface area contributed by atoms with E-state index in [1.807, 2.05) is 13.8 Å². The van der Waals surface area contributed by atoms with Crippen molar-refractivity contribution in [3.8, 4) is 0 Å². The van der Waals surface area contributed by atoms with Crippen LogP contribution in [0, 0.1) is 6.92 Å². The Morgan fingerprint density at radius 1 is 1.41 bits per heavy atom. The van der Waals surface area contributed by atoms with Crippen molar-refractivity contribution in [2.45, 2.75) is 33.4 Å². The summed E-state index contributed by atoms with van der Waals surface area (Å²) >= 11 is 0. The Bertz CT molecular complexity index is 688. The van der Waals surface area contributed by atoms with Gasteiger partial charge < -0.3 is 10.1 Å². The summed E-state index contributed by atoms with van der Waals surface area (Å²) in [6, 6.07) is -0.510. The van der Waals surface area contributed by atoms with Crippen LogP contribution in [0.4, 0.5) is 5.69 Å². The minimum absolute atomic E-state index is 0.0848. The fourth-order valence-electron chi connectivity index (χ4n) is 1.92. The molecular formula is C14H19N5O3. The lowest BCUT2D eigenvalue weighted by atomic mass is 10.3. The topological polar surface area (TPSA) is 91.0 Å². The van der Waals surface area contributed by atoms with Crippen molar-refractivity contribution >= 4 is 17.6 Å². The molecule has 0 fully saturated rings. The van der Waals surface area contributed by atoms with Crippen LogP contribution in [-0.2, 0) is 16.1 Å². The summed E-state index contributed by atoms with van der Waals surface area (Å²) in [5.41, 5.74) is 1.38. The number of carbonyl (C=O) groups is 2. The van der Waals surface area contributed by atoms with Crippen molar-refractivity contribution in [1.29, 1.82) is 0 Å². The van der Waals surface area contributed by atoms with Crippen molar-refractivity contribution in [3.63, 3.8) is 0 Å². The predicted octanol–water partition coefficient (Wildman–Crippen LogP) is 1.39. The SMILES string of the molecule is CCn1cc(NC(=O)C(C)n2cc(C)cn2)c(C(=O)OC)n1. The summed E-state index contributed by atoms with van der Waals surface area (Å²) in [7, 11) is 1.27. The fraction of sp³-hybridized carbons (Fsp3) is 0.429. The van der Waals surface area contributed by atoms with Gasteiger partial charge in [0.05, 0.1) is 19.0 Å². The number of hydrogen-bond acceptors (Lipinski definition) is 5. The normalized spacial score (nSPS) is 12.0. The van der Waals surface area contributed by atoms with Gasteiger partial charge in [-0.1, -0.05) is 0 Å². The molecule has 0 aliphatic rings. The van der Waals surface area contributed by atoms with E-state index in [2.05, 4.69) is 20.3 Å². The number of amides is 1. The van der Waals surface area contributed by atoms with Crippen LogP contribution in [0.2, 0.25) is 0 Å². The molecule has 0 saturated heterocycles. The molecule has 0 radical (unpaired) electrons. The molecule has 22 heavy (non-hydrogen) atoms. The molecule has 0 aliphatic heterocycles. The highest BCUT2D eigenvalue weighted by atomic mass is 16.5. The zero-order valence-corrected chi connectivity index (χ0v) is 13.0. The van der Waals surface area contributed by atoms with E-state index in [9.17, 15) is 9.59 Å². The third kappa shape index (κ3) is 3.16. The Hall–Kier alpha value is -2.64. The third-order valence-electron chi connectivity index (χ3n) is 3.23. The van der Waals surface area contributed by atoms with Gasteiger partial charge in [0, 0.05) is 18.9 Å². The molecule has 8 nitrogen and oxygen atoms in total. The Balaban J connectivity index is 2.20. The lowest BCUT2D eigenvalue weighted by Gasteiger charge is -2.12. The molecule has 8 heteroatoms. The highest BCUT2D eigenvalue weighted by Gasteiger charge is 2.22.